The van der Waals surface area contributed by atoms with Gasteiger partial charge in [0.05, 0.1) is 18.3 Å². The van der Waals surface area contributed by atoms with Crippen LogP contribution in [-0.4, -0.2) is 48.2 Å². The van der Waals surface area contributed by atoms with Crippen LogP contribution < -0.4 is 9.47 Å². The molecule has 3 heterocycles. The van der Waals surface area contributed by atoms with Crippen LogP contribution in [0.25, 0.3) is 0 Å². The Labute approximate surface area is 152 Å². The molecule has 2 aliphatic heterocycles. The fourth-order valence-electron chi connectivity index (χ4n) is 3.37. The molecule has 1 aromatic heterocycles. The molecule has 1 amide bonds. The van der Waals surface area contributed by atoms with Gasteiger partial charge in [-0.3, -0.25) is 9.78 Å². The van der Waals surface area contributed by atoms with E-state index in [9.17, 15) is 4.79 Å². The SMILES string of the molecule is O=C(c1cccc2c1OCCO2)N1CCC[C@@H](OCc2cccnc2)C1. The molecule has 0 radical (unpaired) electrons. The van der Waals surface area contributed by atoms with Gasteiger partial charge in [-0.2, -0.15) is 0 Å². The average molecular weight is 354 g/mol. The quantitative estimate of drug-likeness (QED) is 0.845. The van der Waals surface area contributed by atoms with Gasteiger partial charge in [-0.1, -0.05) is 12.1 Å². The van der Waals surface area contributed by atoms with Crippen molar-refractivity contribution in [1.29, 1.82) is 0 Å². The minimum Gasteiger partial charge on any atom is -0.486 e. The lowest BCUT2D eigenvalue weighted by molar-refractivity contribution is -0.00697. The summed E-state index contributed by atoms with van der Waals surface area (Å²) in [6.07, 6.45) is 5.47. The van der Waals surface area contributed by atoms with Gasteiger partial charge in [-0.25, -0.2) is 0 Å². The van der Waals surface area contributed by atoms with Gasteiger partial charge in [0, 0.05) is 25.5 Å². The molecule has 26 heavy (non-hydrogen) atoms. The number of hydrogen-bond donors (Lipinski definition) is 0. The molecule has 136 valence electrons. The van der Waals surface area contributed by atoms with Crippen molar-refractivity contribution in [3.05, 3.63) is 53.9 Å². The Morgan fingerprint density at radius 3 is 3.04 bits per heavy atom. The highest BCUT2D eigenvalue weighted by atomic mass is 16.6. The van der Waals surface area contributed by atoms with E-state index in [4.69, 9.17) is 14.2 Å². The third kappa shape index (κ3) is 3.65. The number of para-hydroxylation sites is 1. The number of carbonyl (C=O) groups is 1. The van der Waals surface area contributed by atoms with E-state index in [1.807, 2.05) is 29.2 Å². The van der Waals surface area contributed by atoms with Gasteiger partial charge in [0.15, 0.2) is 11.5 Å². The first-order chi connectivity index (χ1) is 12.8. The first kappa shape index (κ1) is 16.8. The number of hydrogen-bond acceptors (Lipinski definition) is 5. The van der Waals surface area contributed by atoms with Gasteiger partial charge in [0.2, 0.25) is 0 Å². The Balaban J connectivity index is 1.42. The second-order valence-electron chi connectivity index (χ2n) is 6.52. The molecule has 0 spiro atoms. The third-order valence-corrected chi connectivity index (χ3v) is 4.67. The molecule has 2 aromatic rings. The summed E-state index contributed by atoms with van der Waals surface area (Å²) in [4.78, 5) is 19.0. The van der Waals surface area contributed by atoms with Gasteiger partial charge < -0.3 is 19.1 Å². The van der Waals surface area contributed by atoms with E-state index in [-0.39, 0.29) is 12.0 Å². The Morgan fingerprint density at radius 2 is 2.15 bits per heavy atom. The number of piperidine rings is 1. The summed E-state index contributed by atoms with van der Waals surface area (Å²) >= 11 is 0. The fraction of sp³-hybridized carbons (Fsp3) is 0.400. The summed E-state index contributed by atoms with van der Waals surface area (Å²) in [5, 5.41) is 0. The summed E-state index contributed by atoms with van der Waals surface area (Å²) in [6.45, 7) is 2.81. The number of likely N-dealkylation sites (tertiary alicyclic amines) is 1. The van der Waals surface area contributed by atoms with Gasteiger partial charge in [-0.05, 0) is 36.6 Å². The zero-order valence-electron chi connectivity index (χ0n) is 14.6. The predicted molar refractivity (Wildman–Crippen MR) is 95.4 cm³/mol. The van der Waals surface area contributed by atoms with Crippen LogP contribution >= 0.6 is 0 Å². The summed E-state index contributed by atoms with van der Waals surface area (Å²) in [7, 11) is 0. The highest BCUT2D eigenvalue weighted by Gasteiger charge is 2.28. The molecule has 0 unspecified atom stereocenters. The molecule has 1 atom stereocenters. The van der Waals surface area contributed by atoms with E-state index in [0.29, 0.717) is 43.4 Å². The van der Waals surface area contributed by atoms with Crippen molar-refractivity contribution in [3.63, 3.8) is 0 Å². The maximum Gasteiger partial charge on any atom is 0.257 e. The van der Waals surface area contributed by atoms with Crippen LogP contribution in [-0.2, 0) is 11.3 Å². The second-order valence-corrected chi connectivity index (χ2v) is 6.52. The minimum absolute atomic E-state index is 0.0259. The minimum atomic E-state index is -0.0259. The van der Waals surface area contributed by atoms with Crippen molar-refractivity contribution in [3.8, 4) is 11.5 Å². The van der Waals surface area contributed by atoms with Crippen LogP contribution in [0.1, 0.15) is 28.8 Å². The molecule has 4 rings (SSSR count). The number of benzene rings is 1. The first-order valence-electron chi connectivity index (χ1n) is 8.99. The highest BCUT2D eigenvalue weighted by Crippen LogP contribution is 2.34. The number of fused-ring (bicyclic) bond motifs is 1. The smallest absolute Gasteiger partial charge is 0.257 e. The molecule has 0 bridgehead atoms. The van der Waals surface area contributed by atoms with Gasteiger partial charge in [0.25, 0.3) is 5.91 Å². The average Bonchev–Trinajstić information content (AvgIpc) is 2.72. The largest absolute Gasteiger partial charge is 0.486 e. The number of nitrogens with zero attached hydrogens (tertiary/aromatic N) is 2. The van der Waals surface area contributed by atoms with E-state index < -0.39 is 0 Å². The van der Waals surface area contributed by atoms with Crippen LogP contribution in [0.3, 0.4) is 0 Å². The zero-order valence-corrected chi connectivity index (χ0v) is 14.6. The molecule has 2 aliphatic rings. The number of pyridine rings is 1. The van der Waals surface area contributed by atoms with E-state index in [0.717, 1.165) is 24.9 Å². The number of rotatable bonds is 4. The maximum absolute atomic E-state index is 13.0. The van der Waals surface area contributed by atoms with Crippen LogP contribution in [0, 0.1) is 0 Å². The van der Waals surface area contributed by atoms with Gasteiger partial charge >= 0.3 is 0 Å². The maximum atomic E-state index is 13.0. The third-order valence-electron chi connectivity index (χ3n) is 4.67. The molecule has 6 heteroatoms. The Morgan fingerprint density at radius 1 is 1.23 bits per heavy atom. The van der Waals surface area contributed by atoms with E-state index >= 15 is 0 Å². The van der Waals surface area contributed by atoms with Crippen molar-refractivity contribution in [1.82, 2.24) is 9.88 Å². The van der Waals surface area contributed by atoms with Crippen LogP contribution in [0.4, 0.5) is 0 Å². The monoisotopic (exact) mass is 354 g/mol. The predicted octanol–water partition coefficient (Wildman–Crippen LogP) is 2.67. The number of amides is 1. The van der Waals surface area contributed by atoms with Crippen LogP contribution in [0.5, 0.6) is 11.5 Å². The molecule has 1 saturated heterocycles. The van der Waals surface area contributed by atoms with Crippen molar-refractivity contribution < 1.29 is 19.0 Å². The second kappa shape index (κ2) is 7.74. The highest BCUT2D eigenvalue weighted by molar-refractivity contribution is 5.98. The number of aromatic nitrogens is 1. The lowest BCUT2D eigenvalue weighted by Gasteiger charge is -2.33. The summed E-state index contributed by atoms with van der Waals surface area (Å²) in [5.74, 6) is 1.17. The molecule has 6 nitrogen and oxygen atoms in total. The van der Waals surface area contributed by atoms with Gasteiger partial charge in [0.1, 0.15) is 13.2 Å². The van der Waals surface area contributed by atoms with Crippen molar-refractivity contribution in [2.75, 3.05) is 26.3 Å². The van der Waals surface area contributed by atoms with Crippen molar-refractivity contribution >= 4 is 5.91 Å². The van der Waals surface area contributed by atoms with E-state index in [2.05, 4.69) is 4.98 Å². The van der Waals surface area contributed by atoms with Crippen molar-refractivity contribution in [2.45, 2.75) is 25.6 Å². The first-order valence-corrected chi connectivity index (χ1v) is 8.99. The molecular formula is C20H22N2O4. The topological polar surface area (TPSA) is 60.9 Å². The normalized spacial score (nSPS) is 19.2. The van der Waals surface area contributed by atoms with E-state index in [1.165, 1.54) is 0 Å². The summed E-state index contributed by atoms with van der Waals surface area (Å²) in [6, 6.07) is 9.36. The fourth-order valence-corrected chi connectivity index (χ4v) is 3.37. The van der Waals surface area contributed by atoms with E-state index in [1.54, 1.807) is 18.5 Å². The van der Waals surface area contributed by atoms with Crippen molar-refractivity contribution in [2.24, 2.45) is 0 Å². The molecule has 0 saturated carbocycles. The Bertz CT molecular complexity index is 766. The number of ether oxygens (including phenoxy) is 3. The summed E-state index contributed by atoms with van der Waals surface area (Å²) in [5.41, 5.74) is 1.61. The molecule has 1 aromatic carbocycles. The lowest BCUT2D eigenvalue weighted by Crippen LogP contribution is -2.43. The Kier molecular flexibility index (Phi) is 5.02. The van der Waals surface area contributed by atoms with Crippen LogP contribution in [0.2, 0.25) is 0 Å². The molecular weight excluding hydrogens is 332 g/mol. The summed E-state index contributed by atoms with van der Waals surface area (Å²) < 4.78 is 17.3. The Hall–Kier alpha value is -2.60. The number of carbonyl (C=O) groups excluding carboxylic acids is 1. The standard InChI is InChI=1S/C20H22N2O4/c23-20(17-6-1-7-18-19(17)25-11-10-24-18)22-9-3-5-16(13-22)26-14-15-4-2-8-21-12-15/h1-2,4,6-8,12,16H,3,5,9-11,13-14H2/t16-/m1/s1. The zero-order chi connectivity index (χ0) is 17.8. The molecule has 0 N–H and O–H groups in total. The lowest BCUT2D eigenvalue weighted by atomic mass is 10.1. The van der Waals surface area contributed by atoms with Gasteiger partial charge in [-0.15, -0.1) is 0 Å². The molecule has 1 fully saturated rings. The molecule has 0 aliphatic carbocycles. The van der Waals surface area contributed by atoms with Crippen LogP contribution in [0.15, 0.2) is 42.7 Å².